The third kappa shape index (κ3) is 2.08. The van der Waals surface area contributed by atoms with E-state index in [0.29, 0.717) is 5.56 Å². The summed E-state index contributed by atoms with van der Waals surface area (Å²) in [5, 5.41) is 0.204. The van der Waals surface area contributed by atoms with Gasteiger partial charge in [-0.25, -0.2) is 0 Å². The van der Waals surface area contributed by atoms with Crippen LogP contribution in [0.25, 0.3) is 0 Å². The molecule has 0 heterocycles. The van der Waals surface area contributed by atoms with Crippen LogP contribution in [0.2, 0.25) is 5.02 Å². The second-order valence-electron chi connectivity index (χ2n) is 2.26. The van der Waals surface area contributed by atoms with Crippen LogP contribution in [0, 0.1) is 6.92 Å². The highest BCUT2D eigenvalue weighted by atomic mass is 35.5. The number of para-hydroxylation sites is 1. The van der Waals surface area contributed by atoms with Gasteiger partial charge in [-0.15, -0.1) is 0 Å². The van der Waals surface area contributed by atoms with Crippen LogP contribution >= 0.6 is 11.6 Å². The Hall–Kier alpha value is -0.830. The highest BCUT2D eigenvalue weighted by Crippen LogP contribution is 2.28. The maximum Gasteiger partial charge on any atom is 0.387 e. The third-order valence-corrected chi connectivity index (χ3v) is 1.67. The van der Waals surface area contributed by atoms with Gasteiger partial charge in [-0.05, 0) is 18.6 Å². The molecule has 1 nitrogen and oxygen atoms in total. The minimum atomic E-state index is -2.83. The van der Waals surface area contributed by atoms with E-state index in [4.69, 9.17) is 11.6 Å². The quantitative estimate of drug-likeness (QED) is 0.699. The average Bonchev–Trinajstić information content (AvgIpc) is 1.97. The number of halogens is 3. The summed E-state index contributed by atoms with van der Waals surface area (Å²) in [6.45, 7) is -1.17. The fraction of sp³-hybridized carbons (Fsp3) is 0.250. The predicted molar refractivity (Wildman–Crippen MR) is 42.8 cm³/mol. The fourth-order valence-corrected chi connectivity index (χ4v) is 1.12. The molecule has 0 atom stereocenters. The molecule has 0 bridgehead atoms. The van der Waals surface area contributed by atoms with Crippen LogP contribution in [0.3, 0.4) is 0 Å². The molecule has 0 unspecified atom stereocenters. The van der Waals surface area contributed by atoms with Crippen molar-refractivity contribution in [3.8, 4) is 5.75 Å². The Balaban J connectivity index is 2.96. The van der Waals surface area contributed by atoms with Crippen molar-refractivity contribution in [3.05, 3.63) is 28.8 Å². The molecule has 0 aliphatic carbocycles. The molecule has 0 saturated heterocycles. The van der Waals surface area contributed by atoms with Gasteiger partial charge in [0.1, 0.15) is 5.75 Å². The minimum absolute atomic E-state index is 0.0502. The highest BCUT2D eigenvalue weighted by molar-refractivity contribution is 6.32. The number of benzene rings is 1. The van der Waals surface area contributed by atoms with Crippen LogP contribution in [-0.2, 0) is 0 Å². The third-order valence-electron chi connectivity index (χ3n) is 1.37. The van der Waals surface area contributed by atoms with Crippen LogP contribution < -0.4 is 4.74 Å². The van der Waals surface area contributed by atoms with E-state index in [2.05, 4.69) is 4.74 Å². The van der Waals surface area contributed by atoms with Crippen molar-refractivity contribution < 1.29 is 13.5 Å². The maximum absolute atomic E-state index is 11.8. The molecule has 0 saturated carbocycles. The lowest BCUT2D eigenvalue weighted by atomic mass is 10.2. The van der Waals surface area contributed by atoms with Gasteiger partial charge in [0, 0.05) is 0 Å². The molecule has 12 heavy (non-hydrogen) atoms. The van der Waals surface area contributed by atoms with Gasteiger partial charge in [-0.3, -0.25) is 0 Å². The Bertz CT molecular complexity index is 256. The Morgan fingerprint density at radius 1 is 1.42 bits per heavy atom. The Kier molecular flexibility index (Phi) is 2.87. The summed E-state index contributed by atoms with van der Waals surface area (Å²) >= 11 is 5.62. The zero-order valence-electron chi connectivity index (χ0n) is 6.35. The lowest BCUT2D eigenvalue weighted by Crippen LogP contribution is -2.03. The first-order valence-electron chi connectivity index (χ1n) is 3.31. The van der Waals surface area contributed by atoms with Crippen LogP contribution in [0.1, 0.15) is 5.56 Å². The van der Waals surface area contributed by atoms with Crippen LogP contribution in [0.5, 0.6) is 5.75 Å². The Labute approximate surface area is 73.9 Å². The summed E-state index contributed by atoms with van der Waals surface area (Å²) < 4.78 is 27.8. The first-order chi connectivity index (χ1) is 5.61. The van der Waals surface area contributed by atoms with Gasteiger partial charge < -0.3 is 4.74 Å². The summed E-state index contributed by atoms with van der Waals surface area (Å²) in [5.74, 6) is 0.0502. The average molecular weight is 193 g/mol. The van der Waals surface area contributed by atoms with E-state index in [1.165, 1.54) is 6.07 Å². The summed E-state index contributed by atoms with van der Waals surface area (Å²) in [5.41, 5.74) is 0.600. The topological polar surface area (TPSA) is 9.23 Å². The van der Waals surface area contributed by atoms with E-state index < -0.39 is 6.61 Å². The second-order valence-corrected chi connectivity index (χ2v) is 2.67. The van der Waals surface area contributed by atoms with Crippen molar-refractivity contribution in [2.45, 2.75) is 13.5 Å². The molecular formula is C8H7ClF2O. The lowest BCUT2D eigenvalue weighted by molar-refractivity contribution is -0.0502. The molecule has 0 aliphatic heterocycles. The molecule has 0 N–H and O–H groups in total. The van der Waals surface area contributed by atoms with E-state index in [9.17, 15) is 8.78 Å². The van der Waals surface area contributed by atoms with Crippen molar-refractivity contribution in [1.29, 1.82) is 0 Å². The normalized spacial score (nSPS) is 10.4. The van der Waals surface area contributed by atoms with Crippen molar-refractivity contribution in [2.24, 2.45) is 0 Å². The first-order valence-corrected chi connectivity index (χ1v) is 3.69. The molecule has 0 aromatic heterocycles. The predicted octanol–water partition coefficient (Wildman–Crippen LogP) is 3.25. The van der Waals surface area contributed by atoms with Crippen molar-refractivity contribution in [1.82, 2.24) is 0 Å². The molecular weight excluding hydrogens is 186 g/mol. The number of aryl methyl sites for hydroxylation is 1. The van der Waals surface area contributed by atoms with E-state index in [1.54, 1.807) is 19.1 Å². The smallest absolute Gasteiger partial charge is 0.387 e. The summed E-state index contributed by atoms with van der Waals surface area (Å²) in [7, 11) is 0. The number of hydrogen-bond donors (Lipinski definition) is 0. The van der Waals surface area contributed by atoms with Crippen LogP contribution in [0.15, 0.2) is 18.2 Å². The number of rotatable bonds is 2. The standard InChI is InChI=1S/C8H7ClF2O/c1-5-3-2-4-6(9)7(5)12-8(10)11/h2-4,8H,1H3. The van der Waals surface area contributed by atoms with Crippen LogP contribution in [-0.4, -0.2) is 6.61 Å². The van der Waals surface area contributed by atoms with Gasteiger partial charge >= 0.3 is 6.61 Å². The van der Waals surface area contributed by atoms with Gasteiger partial charge in [0.25, 0.3) is 0 Å². The Morgan fingerprint density at radius 3 is 2.58 bits per heavy atom. The maximum atomic E-state index is 11.8. The van der Waals surface area contributed by atoms with Crippen molar-refractivity contribution in [3.63, 3.8) is 0 Å². The van der Waals surface area contributed by atoms with Gasteiger partial charge in [-0.2, -0.15) is 8.78 Å². The summed E-state index contributed by atoms with van der Waals surface area (Å²) in [6.07, 6.45) is 0. The van der Waals surface area contributed by atoms with Gasteiger partial charge in [0.15, 0.2) is 0 Å². The minimum Gasteiger partial charge on any atom is -0.433 e. The monoisotopic (exact) mass is 192 g/mol. The number of alkyl halides is 2. The summed E-state index contributed by atoms with van der Waals surface area (Å²) in [6, 6.07) is 4.84. The van der Waals surface area contributed by atoms with Gasteiger partial charge in [-0.1, -0.05) is 23.7 Å². The zero-order chi connectivity index (χ0) is 9.14. The van der Waals surface area contributed by atoms with Crippen molar-refractivity contribution >= 4 is 11.6 Å². The molecule has 66 valence electrons. The van der Waals surface area contributed by atoms with Gasteiger partial charge in [0.2, 0.25) is 0 Å². The second kappa shape index (κ2) is 3.72. The first kappa shape index (κ1) is 9.26. The molecule has 1 aromatic carbocycles. The molecule has 0 fully saturated rings. The zero-order valence-corrected chi connectivity index (χ0v) is 7.11. The van der Waals surface area contributed by atoms with Crippen LogP contribution in [0.4, 0.5) is 8.78 Å². The lowest BCUT2D eigenvalue weighted by Gasteiger charge is -2.08. The SMILES string of the molecule is Cc1cccc(Cl)c1OC(F)F. The largest absolute Gasteiger partial charge is 0.433 e. The molecule has 4 heteroatoms. The molecule has 0 spiro atoms. The summed E-state index contributed by atoms with van der Waals surface area (Å²) in [4.78, 5) is 0. The van der Waals surface area contributed by atoms with E-state index in [0.717, 1.165) is 0 Å². The van der Waals surface area contributed by atoms with Gasteiger partial charge in [0.05, 0.1) is 5.02 Å². The molecule has 0 amide bonds. The molecule has 0 aliphatic rings. The van der Waals surface area contributed by atoms with E-state index >= 15 is 0 Å². The molecule has 1 aromatic rings. The van der Waals surface area contributed by atoms with Crippen molar-refractivity contribution in [2.75, 3.05) is 0 Å². The van der Waals surface area contributed by atoms with E-state index in [1.807, 2.05) is 0 Å². The molecule has 1 rings (SSSR count). The number of hydrogen-bond acceptors (Lipinski definition) is 1. The van der Waals surface area contributed by atoms with E-state index in [-0.39, 0.29) is 10.8 Å². The fourth-order valence-electron chi connectivity index (χ4n) is 0.855. The highest BCUT2D eigenvalue weighted by Gasteiger charge is 2.09. The Morgan fingerprint density at radius 2 is 2.08 bits per heavy atom. The molecule has 0 radical (unpaired) electrons. The number of ether oxygens (including phenoxy) is 1.